The fourth-order valence-corrected chi connectivity index (χ4v) is 2.86. The van der Waals surface area contributed by atoms with Crippen molar-refractivity contribution in [1.29, 1.82) is 0 Å². The van der Waals surface area contributed by atoms with Crippen LogP contribution in [0.4, 0.5) is 0 Å². The summed E-state index contributed by atoms with van der Waals surface area (Å²) < 4.78 is 7.27. The number of guanidine groups is 1. The van der Waals surface area contributed by atoms with Crippen molar-refractivity contribution < 1.29 is 4.74 Å². The lowest BCUT2D eigenvalue weighted by molar-refractivity contribution is 0.414. The van der Waals surface area contributed by atoms with Crippen molar-refractivity contribution in [3.63, 3.8) is 0 Å². The van der Waals surface area contributed by atoms with E-state index in [1.165, 1.54) is 11.3 Å². The van der Waals surface area contributed by atoms with E-state index in [4.69, 9.17) is 9.73 Å². The summed E-state index contributed by atoms with van der Waals surface area (Å²) in [7, 11) is 3.75. The molecule has 27 heavy (non-hydrogen) atoms. The van der Waals surface area contributed by atoms with Crippen molar-refractivity contribution in [2.75, 3.05) is 27.2 Å². The van der Waals surface area contributed by atoms with Crippen LogP contribution >= 0.6 is 24.0 Å². The van der Waals surface area contributed by atoms with Gasteiger partial charge in [-0.25, -0.2) is 0 Å². The van der Waals surface area contributed by atoms with Crippen LogP contribution in [-0.2, 0) is 13.1 Å². The third-order valence-electron chi connectivity index (χ3n) is 4.17. The molecule has 150 valence electrons. The molecule has 1 aromatic heterocycles. The Bertz CT molecular complexity index is 712. The van der Waals surface area contributed by atoms with Crippen molar-refractivity contribution in [3.8, 4) is 5.75 Å². The second-order valence-electron chi connectivity index (χ2n) is 6.44. The van der Waals surface area contributed by atoms with Crippen molar-refractivity contribution in [2.45, 2.75) is 40.3 Å². The summed E-state index contributed by atoms with van der Waals surface area (Å²) in [6.45, 7) is 9.52. The molecule has 1 heterocycles. The highest BCUT2D eigenvalue weighted by atomic mass is 127. The first-order valence-electron chi connectivity index (χ1n) is 9.17. The second-order valence-corrected chi connectivity index (χ2v) is 6.44. The average molecular weight is 485 g/mol. The van der Waals surface area contributed by atoms with E-state index >= 15 is 0 Å². The van der Waals surface area contributed by atoms with Gasteiger partial charge in [0.2, 0.25) is 0 Å². The molecular formula is C20H32IN5O. The number of halogens is 1. The first kappa shape index (κ1) is 23.3. The molecule has 7 heteroatoms. The maximum absolute atomic E-state index is 5.22. The second kappa shape index (κ2) is 11.8. The summed E-state index contributed by atoms with van der Waals surface area (Å²) in [5.41, 5.74) is 3.50. The Morgan fingerprint density at radius 2 is 1.96 bits per heavy atom. The molecule has 0 bridgehead atoms. The number of nitrogens with one attached hydrogen (secondary N) is 1. The van der Waals surface area contributed by atoms with Crippen LogP contribution in [0.5, 0.6) is 5.75 Å². The number of benzene rings is 1. The van der Waals surface area contributed by atoms with E-state index in [9.17, 15) is 0 Å². The highest BCUT2D eigenvalue weighted by molar-refractivity contribution is 14.0. The first-order valence-corrected chi connectivity index (χ1v) is 9.17. The van der Waals surface area contributed by atoms with Gasteiger partial charge in [-0.2, -0.15) is 5.10 Å². The number of methoxy groups -OCH3 is 1. The molecule has 0 saturated carbocycles. The van der Waals surface area contributed by atoms with E-state index in [1.54, 1.807) is 7.11 Å². The number of hydrogen-bond donors (Lipinski definition) is 1. The molecule has 0 unspecified atom stereocenters. The zero-order valence-electron chi connectivity index (χ0n) is 17.0. The van der Waals surface area contributed by atoms with Gasteiger partial charge in [-0.1, -0.05) is 12.1 Å². The van der Waals surface area contributed by atoms with Crippen LogP contribution in [-0.4, -0.2) is 47.9 Å². The molecule has 2 rings (SSSR count). The normalized spacial score (nSPS) is 11.1. The molecule has 6 nitrogen and oxygen atoms in total. The van der Waals surface area contributed by atoms with Gasteiger partial charge in [0.25, 0.3) is 0 Å². The minimum Gasteiger partial charge on any atom is -0.497 e. The molecule has 0 fully saturated rings. The Hall–Kier alpha value is -1.77. The fourth-order valence-electron chi connectivity index (χ4n) is 2.86. The van der Waals surface area contributed by atoms with Crippen LogP contribution in [0.25, 0.3) is 0 Å². The molecule has 0 amide bonds. The fraction of sp³-hybridized carbons (Fsp3) is 0.500. The summed E-state index contributed by atoms with van der Waals surface area (Å²) >= 11 is 0. The highest BCUT2D eigenvalue weighted by Crippen LogP contribution is 2.12. The van der Waals surface area contributed by atoms with Gasteiger partial charge in [0, 0.05) is 38.9 Å². The topological polar surface area (TPSA) is 54.7 Å². The Kier molecular flexibility index (Phi) is 10.2. The summed E-state index contributed by atoms with van der Waals surface area (Å²) in [4.78, 5) is 6.91. The number of aliphatic imine (C=N–C) groups is 1. The molecule has 0 aliphatic carbocycles. The SMILES string of the molecule is CCNC(=NCCCn1nc(C)cc1C)N(C)Cc1ccc(OC)cc1.I. The standard InChI is InChI=1S/C20H31N5O.HI/c1-6-21-20(22-12-7-13-25-17(3)14-16(2)23-25)24(4)15-18-8-10-19(26-5)11-9-18;/h8-11,14H,6-7,12-13,15H2,1-5H3,(H,21,22);1H. The van der Waals surface area contributed by atoms with Crippen LogP contribution in [0.3, 0.4) is 0 Å². The molecule has 1 N–H and O–H groups in total. The van der Waals surface area contributed by atoms with Crippen LogP contribution in [0.15, 0.2) is 35.3 Å². The van der Waals surface area contributed by atoms with Gasteiger partial charge in [-0.15, -0.1) is 24.0 Å². The van der Waals surface area contributed by atoms with Crippen LogP contribution in [0.1, 0.15) is 30.3 Å². The molecule has 2 aromatic rings. The molecule has 0 radical (unpaired) electrons. The Labute approximate surface area is 180 Å². The van der Waals surface area contributed by atoms with E-state index < -0.39 is 0 Å². The largest absolute Gasteiger partial charge is 0.497 e. The van der Waals surface area contributed by atoms with Gasteiger partial charge >= 0.3 is 0 Å². The van der Waals surface area contributed by atoms with Crippen LogP contribution < -0.4 is 10.1 Å². The third-order valence-corrected chi connectivity index (χ3v) is 4.17. The zero-order valence-corrected chi connectivity index (χ0v) is 19.4. The molecule has 0 atom stereocenters. The van der Waals surface area contributed by atoms with Crippen molar-refractivity contribution in [1.82, 2.24) is 20.0 Å². The van der Waals surface area contributed by atoms with Gasteiger partial charge in [0.1, 0.15) is 5.75 Å². The number of nitrogens with zero attached hydrogens (tertiary/aromatic N) is 4. The average Bonchev–Trinajstić information content (AvgIpc) is 2.95. The first-order chi connectivity index (χ1) is 12.5. The van der Waals surface area contributed by atoms with Crippen molar-refractivity contribution >= 4 is 29.9 Å². The molecule has 0 aliphatic rings. The third kappa shape index (κ3) is 7.40. The lowest BCUT2D eigenvalue weighted by atomic mass is 10.2. The Morgan fingerprint density at radius 1 is 1.26 bits per heavy atom. The number of hydrogen-bond acceptors (Lipinski definition) is 3. The van der Waals surface area contributed by atoms with Crippen molar-refractivity contribution in [3.05, 3.63) is 47.3 Å². The number of aryl methyl sites for hydroxylation is 3. The summed E-state index contributed by atoms with van der Waals surface area (Å²) in [6, 6.07) is 10.3. The molecule has 0 saturated heterocycles. The highest BCUT2D eigenvalue weighted by Gasteiger charge is 2.07. The van der Waals surface area contributed by atoms with Gasteiger partial charge < -0.3 is 15.0 Å². The van der Waals surface area contributed by atoms with Gasteiger partial charge in [-0.3, -0.25) is 9.67 Å². The van der Waals surface area contributed by atoms with Crippen LogP contribution in [0.2, 0.25) is 0 Å². The maximum Gasteiger partial charge on any atom is 0.193 e. The predicted octanol–water partition coefficient (Wildman–Crippen LogP) is 3.61. The molecular weight excluding hydrogens is 453 g/mol. The molecule has 1 aromatic carbocycles. The van der Waals surface area contributed by atoms with Gasteiger partial charge in [-0.05, 0) is 51.0 Å². The van der Waals surface area contributed by atoms with Gasteiger partial charge in [0.05, 0.1) is 12.8 Å². The number of ether oxygens (including phenoxy) is 1. The lowest BCUT2D eigenvalue weighted by Gasteiger charge is -2.22. The van der Waals surface area contributed by atoms with Crippen LogP contribution in [0, 0.1) is 13.8 Å². The monoisotopic (exact) mass is 485 g/mol. The van der Waals surface area contributed by atoms with E-state index in [2.05, 4.69) is 59.1 Å². The molecule has 0 spiro atoms. The van der Waals surface area contributed by atoms with E-state index in [1.807, 2.05) is 19.1 Å². The summed E-state index contributed by atoms with van der Waals surface area (Å²) in [6.07, 6.45) is 0.966. The Balaban J connectivity index is 0.00000364. The predicted molar refractivity (Wildman–Crippen MR) is 122 cm³/mol. The molecule has 0 aliphatic heterocycles. The van der Waals surface area contributed by atoms with E-state index in [-0.39, 0.29) is 24.0 Å². The van der Waals surface area contributed by atoms with E-state index in [0.717, 1.165) is 50.0 Å². The van der Waals surface area contributed by atoms with Crippen molar-refractivity contribution in [2.24, 2.45) is 4.99 Å². The summed E-state index contributed by atoms with van der Waals surface area (Å²) in [5.74, 6) is 1.80. The Morgan fingerprint density at radius 3 is 2.52 bits per heavy atom. The number of rotatable bonds is 8. The minimum atomic E-state index is 0. The smallest absolute Gasteiger partial charge is 0.193 e. The van der Waals surface area contributed by atoms with E-state index in [0.29, 0.717) is 0 Å². The lowest BCUT2D eigenvalue weighted by Crippen LogP contribution is -2.38. The zero-order chi connectivity index (χ0) is 18.9. The maximum atomic E-state index is 5.22. The quantitative estimate of drug-likeness (QED) is 0.269. The minimum absolute atomic E-state index is 0. The number of aromatic nitrogens is 2. The van der Waals surface area contributed by atoms with Gasteiger partial charge in [0.15, 0.2) is 5.96 Å². The summed E-state index contributed by atoms with van der Waals surface area (Å²) in [5, 5.41) is 7.87.